The second-order valence-electron chi connectivity index (χ2n) is 35.5. The average Bonchev–Trinajstić information content (AvgIpc) is 0.716. The molecule has 43 nitrogen and oxygen atoms in total. The number of nitrogens with one attached hydrogen (secondary N) is 3. The number of nitrogens with two attached hydrogens (primary N) is 3. The topological polar surface area (TPSA) is 683 Å². The highest BCUT2D eigenvalue weighted by Gasteiger charge is 2.56. The van der Waals surface area contributed by atoms with E-state index in [1.807, 2.05) is 0 Å². The Morgan fingerprint density at radius 1 is 0.394 bits per heavy atom. The monoisotopic (exact) mass is 1900 g/mol. The summed E-state index contributed by atoms with van der Waals surface area (Å²) in [4.78, 5) is 211. The van der Waals surface area contributed by atoms with Crippen molar-refractivity contribution in [3.05, 3.63) is 155 Å². The van der Waals surface area contributed by atoms with Crippen LogP contribution in [0.4, 0.5) is 0 Å². The van der Waals surface area contributed by atoms with Crippen molar-refractivity contribution in [3.8, 4) is 51.7 Å². The number of esters is 3. The normalized spacial score (nSPS) is 26.3. The second kappa shape index (κ2) is 38.8. The molecular formula is C94H100N6O37. The fourth-order valence-electron chi connectivity index (χ4n) is 19.4. The van der Waals surface area contributed by atoms with Crippen LogP contribution in [0.5, 0.6) is 51.7 Å². The van der Waals surface area contributed by atoms with Gasteiger partial charge in [0, 0.05) is 145 Å². The molecule has 728 valence electrons. The van der Waals surface area contributed by atoms with Crippen molar-refractivity contribution in [2.75, 3.05) is 41.2 Å². The van der Waals surface area contributed by atoms with E-state index < -0.39 is 372 Å². The van der Waals surface area contributed by atoms with Crippen LogP contribution in [-0.4, -0.2) is 264 Å². The van der Waals surface area contributed by atoms with Crippen LogP contribution < -0.4 is 47.4 Å². The van der Waals surface area contributed by atoms with Crippen LogP contribution in [-0.2, 0) is 105 Å². The van der Waals surface area contributed by atoms with E-state index in [1.54, 1.807) is 13.8 Å². The highest BCUT2D eigenvalue weighted by molar-refractivity contribution is 6.34. The van der Waals surface area contributed by atoms with Gasteiger partial charge in [0.05, 0.1) is 133 Å². The quantitative estimate of drug-likeness (QED) is 0.0132. The number of aliphatic hydroxyl groups is 4. The maximum absolute atomic E-state index is 14.4. The van der Waals surface area contributed by atoms with E-state index in [4.69, 9.17) is 74.0 Å². The Hall–Kier alpha value is -13.2. The fraction of sp³-hybridized carbons (Fsp3) is 0.457. The molecule has 9 aliphatic rings. The van der Waals surface area contributed by atoms with Crippen molar-refractivity contribution in [1.29, 1.82) is 0 Å². The van der Waals surface area contributed by atoms with Gasteiger partial charge in [0.1, 0.15) is 68.5 Å². The number of carbonyl (C=O) groups is 15. The highest BCUT2D eigenvalue weighted by Crippen LogP contribution is 2.58. The van der Waals surface area contributed by atoms with Gasteiger partial charge in [-0.05, 0) is 51.8 Å². The minimum atomic E-state index is -2.73. The number of hydrogen-bond donors (Lipinski definition) is 16. The van der Waals surface area contributed by atoms with E-state index in [2.05, 4.69) is 16.0 Å². The molecule has 3 fully saturated rings. The number of ketones is 9. The predicted molar refractivity (Wildman–Crippen MR) is 460 cm³/mol. The molecule has 3 heterocycles. The Morgan fingerprint density at radius 3 is 0.956 bits per heavy atom. The first-order valence-corrected chi connectivity index (χ1v) is 44.0. The third kappa shape index (κ3) is 18.8. The van der Waals surface area contributed by atoms with Gasteiger partial charge >= 0.3 is 17.9 Å². The number of fused-ring (bicyclic) bond motifs is 9. The van der Waals surface area contributed by atoms with Gasteiger partial charge in [-0.1, -0.05) is 36.4 Å². The second-order valence-corrected chi connectivity index (χ2v) is 35.5. The Balaban J connectivity index is 0.623. The zero-order valence-corrected chi connectivity index (χ0v) is 74.6. The van der Waals surface area contributed by atoms with Gasteiger partial charge in [-0.3, -0.25) is 71.9 Å². The molecule has 0 saturated carbocycles. The van der Waals surface area contributed by atoms with Gasteiger partial charge in [0.25, 0.3) is 0 Å². The van der Waals surface area contributed by atoms with Crippen LogP contribution in [0.2, 0.25) is 0 Å². The minimum absolute atomic E-state index is 0.0352. The molecule has 3 saturated heterocycles. The van der Waals surface area contributed by atoms with Crippen molar-refractivity contribution in [2.24, 2.45) is 17.2 Å². The first-order chi connectivity index (χ1) is 64.9. The lowest BCUT2D eigenvalue weighted by Gasteiger charge is -2.42. The van der Waals surface area contributed by atoms with E-state index in [-0.39, 0.29) is 86.6 Å². The third-order valence-corrected chi connectivity index (χ3v) is 26.2. The van der Waals surface area contributed by atoms with Gasteiger partial charge in [-0.2, -0.15) is 0 Å². The third-order valence-electron chi connectivity index (χ3n) is 26.2. The first kappa shape index (κ1) is 98.4. The van der Waals surface area contributed by atoms with Crippen LogP contribution in [0.1, 0.15) is 258 Å². The van der Waals surface area contributed by atoms with Crippen LogP contribution in [0.25, 0.3) is 0 Å². The van der Waals surface area contributed by atoms with Gasteiger partial charge in [-0.15, -0.1) is 0 Å². The maximum atomic E-state index is 14.4. The summed E-state index contributed by atoms with van der Waals surface area (Å²) in [6.07, 6.45) is -23.7. The molecule has 15 rings (SSSR count). The molecule has 10 unspecified atom stereocenters. The largest absolute Gasteiger partial charge is 0.507 e. The summed E-state index contributed by atoms with van der Waals surface area (Å²) in [5.74, 6) is -22.4. The van der Waals surface area contributed by atoms with E-state index in [0.29, 0.717) is 12.8 Å². The highest BCUT2D eigenvalue weighted by atomic mass is 16.7. The molecule has 0 aromatic heterocycles. The van der Waals surface area contributed by atoms with Crippen molar-refractivity contribution in [3.63, 3.8) is 0 Å². The number of methoxy groups -OCH3 is 3. The van der Waals surface area contributed by atoms with Crippen molar-refractivity contribution < 1.29 is 180 Å². The van der Waals surface area contributed by atoms with Gasteiger partial charge in [0.2, 0.25) is 52.4 Å². The lowest BCUT2D eigenvalue weighted by Crippen LogP contribution is -2.58. The van der Waals surface area contributed by atoms with Crippen LogP contribution in [0.15, 0.2) is 54.6 Å². The summed E-state index contributed by atoms with van der Waals surface area (Å²) < 4.78 is 68.5. The van der Waals surface area contributed by atoms with E-state index in [0.717, 1.165) is 0 Å². The van der Waals surface area contributed by atoms with Crippen molar-refractivity contribution in [1.82, 2.24) is 16.0 Å². The Labute approximate surface area is 777 Å². The average molecular weight is 1910 g/mol. The van der Waals surface area contributed by atoms with E-state index >= 15 is 0 Å². The Morgan fingerprint density at radius 2 is 0.679 bits per heavy atom. The molecule has 6 aliphatic carbocycles. The van der Waals surface area contributed by atoms with Gasteiger partial charge in [-0.25, -0.2) is 0 Å². The molecule has 0 radical (unpaired) electrons. The number of rotatable bonds is 30. The van der Waals surface area contributed by atoms with Gasteiger partial charge < -0.3 is 141 Å². The molecule has 43 heteroatoms. The molecule has 6 aromatic carbocycles. The number of ether oxygens (including phenoxy) is 12. The molecule has 19 N–H and O–H groups in total. The van der Waals surface area contributed by atoms with E-state index in [9.17, 15) is 123 Å². The molecule has 6 aromatic rings. The van der Waals surface area contributed by atoms with Crippen molar-refractivity contribution in [2.45, 2.75) is 233 Å². The summed E-state index contributed by atoms with van der Waals surface area (Å²) >= 11 is 0. The summed E-state index contributed by atoms with van der Waals surface area (Å²) in [7, 11) is 3.72. The first-order valence-electron chi connectivity index (χ1n) is 44.0. The SMILES string of the molecule is COc1cccc2c1C(=O)c1c(O)c3c(c(O)c1C2=O)C[C@@](O)(C(=O)COC(=O)CCC(=O)NC(NC(=O)CCC(=O)OCC(=O)[C@]1(O)Cc2c(O)c4c(c(O)c2[C@@H](OC2CC(N)CC(C)O2)C1)C(=O)c1c(OC)cccc1C4=O)NC(=O)CCC(=O)OCC(=O)[C@]1(O)Cc2c(O)c4c(c(O)c2[C@@H](OC2CC(N)C(O)C(C)O2)C1)C(=O)c1c(OC)cccc1C4=O)C[C@@H]3OC1CC(N)CC(C)O1. The van der Waals surface area contributed by atoms with Crippen LogP contribution in [0.3, 0.4) is 0 Å². The number of aromatic hydroxyl groups is 6. The van der Waals surface area contributed by atoms with Gasteiger partial charge in [0.15, 0.2) is 62.3 Å². The Kier molecular flexibility index (Phi) is 27.8. The predicted octanol–water partition coefficient (Wildman–Crippen LogP) is 1.72. The summed E-state index contributed by atoms with van der Waals surface area (Å²) in [5.41, 5.74) is 3.16. The standard InChI is InChI=1S/C94H100N6O37/c1-36-22-39(95)24-63(132-36)135-51-30-92(123,27-44-69(51)88(120)75-72(82(44)114)79(111)41-10-7-13-48(126-4)66(41)85(75)117)54(101)33-129-60(107)19-16-57(104)98-91(99-58(105)17-20-61(108)130-34-55(102)93(124)28-45-70(52(31-93)136-64-25-40(96)23-37(2)133-64)89(121)76-73(83(45)115)80(112)42-11-8-14-49(127-5)67(42)86(76)118)100-59(106)18-21-62(109)131-35-56(103)94(125)29-46-71(53(32-94)137-65-26-47(97)78(110)38(3)134-65)90(122)77-74(84(46)116)81(113)43-12-9-15-50(128-6)68(43)87(77)119/h7-15,36-40,47,51-53,63-65,78,91,110,114-116,120-125H,16-35,95-97H2,1-6H3,(H,98,104)(H,99,105)(H,100,106)/t36?,37?,38?,39?,40?,47?,51-,52-,53-,63?,64?,65?,78?,91?,92-,93-,94-/m0/s1. The summed E-state index contributed by atoms with van der Waals surface area (Å²) in [6, 6.07) is 10.3. The number of phenols is 6. The zero-order chi connectivity index (χ0) is 98.9. The molecule has 0 bridgehead atoms. The van der Waals surface area contributed by atoms with E-state index in [1.165, 1.54) is 82.9 Å². The number of benzene rings is 6. The Bertz CT molecular complexity index is 5820. The maximum Gasteiger partial charge on any atom is 0.306 e. The fourth-order valence-corrected chi connectivity index (χ4v) is 19.4. The summed E-state index contributed by atoms with van der Waals surface area (Å²) in [5, 5.41) is 127. The molecule has 3 aliphatic heterocycles. The van der Waals surface area contributed by atoms with Crippen LogP contribution in [0, 0.1) is 0 Å². The van der Waals surface area contributed by atoms with Crippen molar-refractivity contribution >= 4 is 87.7 Å². The van der Waals surface area contributed by atoms with Crippen LogP contribution >= 0.6 is 0 Å². The molecular weight excluding hydrogens is 1810 g/mol. The number of aliphatic hydroxyl groups excluding tert-OH is 1. The lowest BCUT2D eigenvalue weighted by molar-refractivity contribution is -0.247. The minimum Gasteiger partial charge on any atom is -0.507 e. The zero-order valence-electron chi connectivity index (χ0n) is 74.6. The number of amides is 3. The molecule has 3 amide bonds. The summed E-state index contributed by atoms with van der Waals surface area (Å²) in [6.45, 7) is 1.07. The molecule has 137 heavy (non-hydrogen) atoms. The lowest BCUT2D eigenvalue weighted by atomic mass is 9.72. The molecule has 0 spiro atoms. The molecule has 16 atom stereocenters. The smallest absolute Gasteiger partial charge is 0.306 e. The number of Topliss-reactive ketones (excluding diaryl/α,β-unsaturated/α-hetero) is 3. The number of hydrogen-bond acceptors (Lipinski definition) is 40. The number of carbonyl (C=O) groups excluding carboxylic acids is 15. The number of phenolic OH excluding ortho intramolecular Hbond substituents is 6.